The molecule has 0 N–H and O–H groups in total. The third kappa shape index (κ3) is 3.05. The Bertz CT molecular complexity index is 1040. The Morgan fingerprint density at radius 2 is 1.83 bits per heavy atom. The van der Waals surface area contributed by atoms with Crippen molar-refractivity contribution in [1.82, 2.24) is 14.3 Å². The van der Waals surface area contributed by atoms with Crippen molar-refractivity contribution in [3.05, 3.63) is 64.0 Å². The molecule has 0 saturated heterocycles. The molecule has 1 aromatic carbocycles. The standard InChI is InChI=1S/C16H17N3O4S/c1-11-9-18(16(20)19(11)15-8-12(2)23-17-15)10-13-4-6-14(7-5-13)24(3,21)22/h4-9H,10H2,1-3H3. The summed E-state index contributed by atoms with van der Waals surface area (Å²) in [5.41, 5.74) is 1.34. The van der Waals surface area contributed by atoms with E-state index in [1.165, 1.54) is 4.57 Å². The quantitative estimate of drug-likeness (QED) is 0.717. The summed E-state index contributed by atoms with van der Waals surface area (Å²) >= 11 is 0. The van der Waals surface area contributed by atoms with Crippen LogP contribution in [0.25, 0.3) is 5.82 Å². The first kappa shape index (κ1) is 16.3. The second kappa shape index (κ2) is 5.79. The Labute approximate surface area is 139 Å². The molecule has 0 bridgehead atoms. The second-order valence-corrected chi connectivity index (χ2v) is 7.74. The summed E-state index contributed by atoms with van der Waals surface area (Å²) < 4.78 is 31.0. The molecule has 0 aliphatic heterocycles. The van der Waals surface area contributed by atoms with Gasteiger partial charge in [0.2, 0.25) is 0 Å². The van der Waals surface area contributed by atoms with Gasteiger partial charge >= 0.3 is 5.69 Å². The summed E-state index contributed by atoms with van der Waals surface area (Å²) in [6.45, 7) is 3.92. The zero-order valence-electron chi connectivity index (χ0n) is 13.6. The smallest absolute Gasteiger partial charge is 0.334 e. The lowest BCUT2D eigenvalue weighted by Crippen LogP contribution is -2.24. The molecule has 0 spiro atoms. The molecule has 126 valence electrons. The van der Waals surface area contributed by atoms with Gasteiger partial charge < -0.3 is 4.52 Å². The van der Waals surface area contributed by atoms with E-state index in [2.05, 4.69) is 5.16 Å². The lowest BCUT2D eigenvalue weighted by Gasteiger charge is -2.03. The molecule has 24 heavy (non-hydrogen) atoms. The Morgan fingerprint density at radius 1 is 1.17 bits per heavy atom. The third-order valence-electron chi connectivity index (χ3n) is 3.68. The zero-order chi connectivity index (χ0) is 17.5. The summed E-state index contributed by atoms with van der Waals surface area (Å²) in [5, 5.41) is 3.87. The number of hydrogen-bond acceptors (Lipinski definition) is 5. The van der Waals surface area contributed by atoms with Crippen LogP contribution in [0.3, 0.4) is 0 Å². The van der Waals surface area contributed by atoms with E-state index in [0.717, 1.165) is 17.5 Å². The molecule has 0 unspecified atom stereocenters. The molecule has 8 heteroatoms. The van der Waals surface area contributed by atoms with E-state index in [-0.39, 0.29) is 10.6 Å². The predicted molar refractivity (Wildman–Crippen MR) is 88.2 cm³/mol. The first-order valence-electron chi connectivity index (χ1n) is 7.27. The van der Waals surface area contributed by atoms with E-state index < -0.39 is 9.84 Å². The Hall–Kier alpha value is -2.61. The lowest BCUT2D eigenvalue weighted by molar-refractivity contribution is 0.394. The van der Waals surface area contributed by atoms with Gasteiger partial charge in [0.1, 0.15) is 5.76 Å². The first-order chi connectivity index (χ1) is 11.3. The molecule has 0 atom stereocenters. The highest BCUT2D eigenvalue weighted by Crippen LogP contribution is 2.13. The largest absolute Gasteiger partial charge is 0.360 e. The lowest BCUT2D eigenvalue weighted by atomic mass is 10.2. The number of aromatic nitrogens is 3. The topological polar surface area (TPSA) is 87.1 Å². The van der Waals surface area contributed by atoms with E-state index >= 15 is 0 Å². The van der Waals surface area contributed by atoms with Crippen LogP contribution >= 0.6 is 0 Å². The fourth-order valence-electron chi connectivity index (χ4n) is 2.51. The molecule has 2 heterocycles. The Balaban J connectivity index is 1.93. The highest BCUT2D eigenvalue weighted by atomic mass is 32.2. The van der Waals surface area contributed by atoms with Gasteiger partial charge in [-0.15, -0.1) is 0 Å². The number of sulfone groups is 1. The molecular weight excluding hydrogens is 330 g/mol. The van der Waals surface area contributed by atoms with E-state index in [1.807, 2.05) is 6.92 Å². The van der Waals surface area contributed by atoms with E-state index in [1.54, 1.807) is 48.0 Å². The third-order valence-corrected chi connectivity index (χ3v) is 4.81. The first-order valence-corrected chi connectivity index (χ1v) is 9.16. The average Bonchev–Trinajstić information content (AvgIpc) is 3.03. The minimum Gasteiger partial charge on any atom is -0.360 e. The molecule has 3 aromatic rings. The molecule has 0 aliphatic rings. The highest BCUT2D eigenvalue weighted by molar-refractivity contribution is 7.90. The highest BCUT2D eigenvalue weighted by Gasteiger charge is 2.14. The van der Waals surface area contributed by atoms with Crippen LogP contribution in [0.2, 0.25) is 0 Å². The van der Waals surface area contributed by atoms with Crippen molar-refractivity contribution in [2.24, 2.45) is 0 Å². The molecule has 0 saturated carbocycles. The number of benzene rings is 1. The van der Waals surface area contributed by atoms with Gasteiger partial charge in [0.05, 0.1) is 11.4 Å². The summed E-state index contributed by atoms with van der Waals surface area (Å²) in [5.74, 6) is 1.07. The van der Waals surface area contributed by atoms with Crippen molar-refractivity contribution in [2.75, 3.05) is 6.26 Å². The van der Waals surface area contributed by atoms with Crippen LogP contribution in [-0.4, -0.2) is 29.0 Å². The second-order valence-electron chi connectivity index (χ2n) is 5.73. The van der Waals surface area contributed by atoms with Crippen molar-refractivity contribution < 1.29 is 12.9 Å². The van der Waals surface area contributed by atoms with Crippen molar-refractivity contribution in [3.8, 4) is 5.82 Å². The number of aryl methyl sites for hydroxylation is 2. The van der Waals surface area contributed by atoms with Crippen LogP contribution in [0, 0.1) is 13.8 Å². The minimum atomic E-state index is -3.23. The summed E-state index contributed by atoms with van der Waals surface area (Å²) in [4.78, 5) is 12.8. The van der Waals surface area contributed by atoms with Gasteiger partial charge in [-0.3, -0.25) is 4.57 Å². The van der Waals surface area contributed by atoms with Crippen molar-refractivity contribution in [2.45, 2.75) is 25.3 Å². The van der Waals surface area contributed by atoms with Crippen LogP contribution < -0.4 is 5.69 Å². The maximum atomic E-state index is 12.6. The monoisotopic (exact) mass is 347 g/mol. The average molecular weight is 347 g/mol. The van der Waals surface area contributed by atoms with Crippen molar-refractivity contribution >= 4 is 9.84 Å². The number of rotatable bonds is 4. The summed E-state index contributed by atoms with van der Waals surface area (Å²) in [7, 11) is -3.23. The maximum Gasteiger partial charge on any atom is 0.334 e. The van der Waals surface area contributed by atoms with Gasteiger partial charge in [-0.1, -0.05) is 17.3 Å². The van der Waals surface area contributed by atoms with Crippen LogP contribution in [0.4, 0.5) is 0 Å². The van der Waals surface area contributed by atoms with Gasteiger partial charge in [-0.05, 0) is 31.5 Å². The van der Waals surface area contributed by atoms with E-state index in [9.17, 15) is 13.2 Å². The minimum absolute atomic E-state index is 0.229. The molecule has 2 aromatic heterocycles. The Morgan fingerprint density at radius 3 is 2.38 bits per heavy atom. The maximum absolute atomic E-state index is 12.6. The van der Waals surface area contributed by atoms with Crippen LogP contribution in [0.5, 0.6) is 0 Å². The van der Waals surface area contributed by atoms with Crippen LogP contribution in [-0.2, 0) is 16.4 Å². The van der Waals surface area contributed by atoms with Gasteiger partial charge in [0, 0.05) is 24.2 Å². The predicted octanol–water partition coefficient (Wildman–Crippen LogP) is 1.70. The van der Waals surface area contributed by atoms with Gasteiger partial charge in [-0.2, -0.15) is 0 Å². The summed E-state index contributed by atoms with van der Waals surface area (Å²) in [6, 6.07) is 8.19. The van der Waals surface area contributed by atoms with Gasteiger partial charge in [0.25, 0.3) is 0 Å². The molecule has 3 rings (SSSR count). The number of imidazole rings is 1. The van der Waals surface area contributed by atoms with Crippen molar-refractivity contribution in [1.29, 1.82) is 0 Å². The molecule has 0 fully saturated rings. The zero-order valence-corrected chi connectivity index (χ0v) is 14.4. The van der Waals surface area contributed by atoms with E-state index in [4.69, 9.17) is 4.52 Å². The fraction of sp³-hybridized carbons (Fsp3) is 0.250. The van der Waals surface area contributed by atoms with Crippen LogP contribution in [0.1, 0.15) is 17.0 Å². The number of nitrogens with zero attached hydrogens (tertiary/aromatic N) is 3. The molecule has 0 amide bonds. The van der Waals surface area contributed by atoms with Crippen LogP contribution in [0.15, 0.2) is 50.7 Å². The normalized spacial score (nSPS) is 11.8. The van der Waals surface area contributed by atoms with Gasteiger partial charge in [-0.25, -0.2) is 17.8 Å². The number of hydrogen-bond donors (Lipinski definition) is 0. The molecule has 0 radical (unpaired) electrons. The molecule has 7 nitrogen and oxygen atoms in total. The van der Waals surface area contributed by atoms with E-state index in [0.29, 0.717) is 18.1 Å². The molecule has 0 aliphatic carbocycles. The SMILES string of the molecule is Cc1cc(-n2c(C)cn(Cc3ccc(S(C)(=O)=O)cc3)c2=O)no1. The fourth-order valence-corrected chi connectivity index (χ4v) is 3.14. The van der Waals surface area contributed by atoms with Crippen molar-refractivity contribution in [3.63, 3.8) is 0 Å². The molecular formula is C16H17N3O4S. The summed E-state index contributed by atoms with van der Waals surface area (Å²) in [6.07, 6.45) is 2.90. The Kier molecular flexibility index (Phi) is 3.92. The van der Waals surface area contributed by atoms with Gasteiger partial charge in [0.15, 0.2) is 15.7 Å².